The Bertz CT molecular complexity index is 433. The Morgan fingerprint density at radius 1 is 1.47 bits per heavy atom. The maximum Gasteiger partial charge on any atom is 0.260 e. The van der Waals surface area contributed by atoms with E-state index in [1.807, 2.05) is 0 Å². The van der Waals surface area contributed by atoms with Gasteiger partial charge in [0, 0.05) is 18.5 Å². The summed E-state index contributed by atoms with van der Waals surface area (Å²) in [5, 5.41) is 0. The zero-order chi connectivity index (χ0) is 11.1. The summed E-state index contributed by atoms with van der Waals surface area (Å²) < 4.78 is 26.5. The van der Waals surface area contributed by atoms with E-state index in [1.54, 1.807) is 24.3 Å². The van der Waals surface area contributed by atoms with Gasteiger partial charge < -0.3 is 5.73 Å². The Hall–Kier alpha value is -1.40. The summed E-state index contributed by atoms with van der Waals surface area (Å²) >= 11 is 0. The first-order valence-electron chi connectivity index (χ1n) is 4.71. The fourth-order valence-electron chi connectivity index (χ4n) is 1.89. The second kappa shape index (κ2) is 3.04. The molecule has 3 heteroatoms. The van der Waals surface area contributed by atoms with Crippen LogP contribution in [0.3, 0.4) is 0 Å². The van der Waals surface area contributed by atoms with Crippen molar-refractivity contribution in [3.8, 4) is 12.3 Å². The molecule has 0 radical (unpaired) electrons. The molecule has 78 valence electrons. The van der Waals surface area contributed by atoms with Crippen LogP contribution in [0.15, 0.2) is 24.3 Å². The lowest BCUT2D eigenvalue weighted by Crippen LogP contribution is -2.26. The molecule has 2 rings (SSSR count). The average molecular weight is 207 g/mol. The molecule has 1 atom stereocenters. The van der Waals surface area contributed by atoms with Crippen molar-refractivity contribution in [2.24, 2.45) is 5.73 Å². The largest absolute Gasteiger partial charge is 0.329 e. The van der Waals surface area contributed by atoms with Crippen molar-refractivity contribution >= 4 is 0 Å². The molecule has 0 bridgehead atoms. The van der Waals surface area contributed by atoms with Crippen molar-refractivity contribution in [1.82, 2.24) is 0 Å². The summed E-state index contributed by atoms with van der Waals surface area (Å²) in [5.74, 6) is -0.253. The third-order valence-electron chi connectivity index (χ3n) is 3.03. The highest BCUT2D eigenvalue weighted by atomic mass is 19.3. The molecule has 1 aromatic carbocycles. The van der Waals surface area contributed by atoms with Gasteiger partial charge in [0.15, 0.2) is 0 Å². The molecule has 2 N–H and O–H groups in total. The van der Waals surface area contributed by atoms with Gasteiger partial charge in [0.05, 0.1) is 5.41 Å². The van der Waals surface area contributed by atoms with E-state index < -0.39 is 11.3 Å². The van der Waals surface area contributed by atoms with Gasteiger partial charge in [-0.2, -0.15) is 0 Å². The van der Waals surface area contributed by atoms with Crippen LogP contribution in [0, 0.1) is 12.3 Å². The maximum atomic E-state index is 13.2. The molecule has 0 heterocycles. The lowest BCUT2D eigenvalue weighted by atomic mass is 9.94. The predicted octanol–water partition coefficient (Wildman–Crippen LogP) is 1.90. The van der Waals surface area contributed by atoms with Gasteiger partial charge in [-0.3, -0.25) is 0 Å². The fraction of sp³-hybridized carbons (Fsp3) is 0.333. The first kappa shape index (κ1) is 10.1. The highest BCUT2D eigenvalue weighted by Crippen LogP contribution is 2.60. The number of rotatable bonds is 2. The molecule has 0 aliphatic heterocycles. The summed E-state index contributed by atoms with van der Waals surface area (Å²) in [5.41, 5.74) is 5.42. The van der Waals surface area contributed by atoms with Crippen molar-refractivity contribution in [3.63, 3.8) is 0 Å². The number of hydrogen-bond acceptors (Lipinski definition) is 1. The Balaban J connectivity index is 2.43. The molecule has 1 aliphatic carbocycles. The highest BCUT2D eigenvalue weighted by molar-refractivity contribution is 5.44. The number of alkyl halides is 2. The number of halogens is 2. The van der Waals surface area contributed by atoms with Crippen LogP contribution < -0.4 is 5.73 Å². The molecular formula is C12H11F2N. The highest BCUT2D eigenvalue weighted by Gasteiger charge is 2.71. The monoisotopic (exact) mass is 207 g/mol. The third-order valence-corrected chi connectivity index (χ3v) is 3.03. The standard InChI is InChI=1S/C12H11F2N/c1-2-9-4-3-5-10(6-9)11(8-15)7-12(11,13)14/h1,3-6H,7-8,15H2. The lowest BCUT2D eigenvalue weighted by Gasteiger charge is -2.14. The van der Waals surface area contributed by atoms with Crippen LogP contribution >= 0.6 is 0 Å². The molecule has 0 spiro atoms. The van der Waals surface area contributed by atoms with E-state index in [0.717, 1.165) is 0 Å². The Kier molecular flexibility index (Phi) is 2.06. The van der Waals surface area contributed by atoms with E-state index in [2.05, 4.69) is 5.92 Å². The number of nitrogens with two attached hydrogens (primary N) is 1. The quantitative estimate of drug-likeness (QED) is 0.736. The first-order chi connectivity index (χ1) is 7.05. The van der Waals surface area contributed by atoms with Crippen LogP contribution in [-0.4, -0.2) is 12.5 Å². The van der Waals surface area contributed by atoms with Gasteiger partial charge in [-0.05, 0) is 17.7 Å². The van der Waals surface area contributed by atoms with Crippen LogP contribution in [0.1, 0.15) is 17.5 Å². The molecule has 0 saturated heterocycles. The minimum atomic E-state index is -2.69. The second-order valence-electron chi connectivity index (χ2n) is 3.89. The van der Waals surface area contributed by atoms with Crippen molar-refractivity contribution in [2.75, 3.05) is 6.54 Å². The number of hydrogen-bond donors (Lipinski definition) is 1. The topological polar surface area (TPSA) is 26.0 Å². The first-order valence-corrected chi connectivity index (χ1v) is 4.71. The molecule has 15 heavy (non-hydrogen) atoms. The summed E-state index contributed by atoms with van der Waals surface area (Å²) in [6.07, 6.45) is 5.05. The molecule has 1 unspecified atom stereocenters. The Labute approximate surface area is 87.3 Å². The minimum Gasteiger partial charge on any atom is -0.329 e. The Morgan fingerprint density at radius 3 is 2.60 bits per heavy atom. The molecule has 1 nitrogen and oxygen atoms in total. The van der Waals surface area contributed by atoms with Crippen molar-refractivity contribution < 1.29 is 8.78 Å². The lowest BCUT2D eigenvalue weighted by molar-refractivity contribution is 0.0896. The molecular weight excluding hydrogens is 196 g/mol. The zero-order valence-electron chi connectivity index (χ0n) is 8.13. The van der Waals surface area contributed by atoms with Gasteiger partial charge >= 0.3 is 0 Å². The van der Waals surface area contributed by atoms with E-state index in [1.165, 1.54) is 0 Å². The van der Waals surface area contributed by atoms with Crippen molar-refractivity contribution in [2.45, 2.75) is 17.8 Å². The smallest absolute Gasteiger partial charge is 0.260 e. The third kappa shape index (κ3) is 1.33. The van der Waals surface area contributed by atoms with Gasteiger partial charge in [-0.15, -0.1) is 6.42 Å². The summed E-state index contributed by atoms with van der Waals surface area (Å²) in [4.78, 5) is 0. The van der Waals surface area contributed by atoms with Crippen LogP contribution in [-0.2, 0) is 5.41 Å². The van der Waals surface area contributed by atoms with Crippen molar-refractivity contribution in [3.05, 3.63) is 35.4 Å². The van der Waals surface area contributed by atoms with Gasteiger partial charge in [-0.25, -0.2) is 8.78 Å². The van der Waals surface area contributed by atoms with Crippen LogP contribution in [0.2, 0.25) is 0 Å². The fourth-order valence-corrected chi connectivity index (χ4v) is 1.89. The molecule has 1 aromatic rings. The summed E-state index contributed by atoms with van der Waals surface area (Å²) in [6, 6.07) is 6.69. The summed E-state index contributed by atoms with van der Waals surface area (Å²) in [7, 11) is 0. The molecule has 1 fully saturated rings. The van der Waals surface area contributed by atoms with Gasteiger partial charge in [0.1, 0.15) is 0 Å². The maximum absolute atomic E-state index is 13.2. The predicted molar refractivity (Wildman–Crippen MR) is 54.7 cm³/mol. The average Bonchev–Trinajstić information content (AvgIpc) is 2.82. The summed E-state index contributed by atoms with van der Waals surface area (Å²) in [6.45, 7) is -0.0476. The molecule has 1 aliphatic rings. The number of terminal acetylenes is 1. The van der Waals surface area contributed by atoms with Crippen molar-refractivity contribution in [1.29, 1.82) is 0 Å². The number of benzene rings is 1. The Morgan fingerprint density at radius 2 is 2.13 bits per heavy atom. The van der Waals surface area contributed by atoms with E-state index in [4.69, 9.17) is 12.2 Å². The van der Waals surface area contributed by atoms with Gasteiger partial charge in [-0.1, -0.05) is 18.1 Å². The zero-order valence-corrected chi connectivity index (χ0v) is 8.13. The van der Waals surface area contributed by atoms with E-state index in [0.29, 0.717) is 11.1 Å². The second-order valence-corrected chi connectivity index (χ2v) is 3.89. The molecule has 0 aromatic heterocycles. The van der Waals surface area contributed by atoms with Gasteiger partial charge in [0.2, 0.25) is 0 Å². The van der Waals surface area contributed by atoms with E-state index in [9.17, 15) is 8.78 Å². The molecule has 1 saturated carbocycles. The van der Waals surface area contributed by atoms with Crippen LogP contribution in [0.5, 0.6) is 0 Å². The van der Waals surface area contributed by atoms with E-state index >= 15 is 0 Å². The van der Waals surface area contributed by atoms with Crippen LogP contribution in [0.25, 0.3) is 0 Å². The van der Waals surface area contributed by atoms with Crippen LogP contribution in [0.4, 0.5) is 8.78 Å². The minimum absolute atomic E-state index is 0.0476. The SMILES string of the molecule is C#Cc1cccc(C2(CN)CC2(F)F)c1. The van der Waals surface area contributed by atoms with Gasteiger partial charge in [0.25, 0.3) is 5.92 Å². The normalized spacial score (nSPS) is 27.1. The van der Waals surface area contributed by atoms with E-state index in [-0.39, 0.29) is 13.0 Å². The molecule has 0 amide bonds.